The zero-order valence-corrected chi connectivity index (χ0v) is 15.6. The number of nitrogens with zero attached hydrogens (tertiary/aromatic N) is 2. The minimum atomic E-state index is -4.48. The van der Waals surface area contributed by atoms with E-state index in [-0.39, 0.29) is 18.8 Å². The highest BCUT2D eigenvalue weighted by Gasteiger charge is 2.46. The summed E-state index contributed by atoms with van der Waals surface area (Å²) >= 11 is 3.21. The molecule has 0 bridgehead atoms. The second-order valence-electron chi connectivity index (χ2n) is 5.68. The Morgan fingerprint density at radius 2 is 2.04 bits per heavy atom. The lowest BCUT2D eigenvalue weighted by Gasteiger charge is -2.37. The van der Waals surface area contributed by atoms with Crippen LogP contribution in [0, 0.1) is 0 Å². The maximum absolute atomic E-state index is 13.3. The van der Waals surface area contributed by atoms with Crippen molar-refractivity contribution in [1.82, 2.24) is 4.98 Å². The van der Waals surface area contributed by atoms with Gasteiger partial charge in [0.15, 0.2) is 5.75 Å². The number of alkyl halides is 3. The zero-order chi connectivity index (χ0) is 18.9. The largest absolute Gasteiger partial charge is 0.497 e. The fourth-order valence-electron chi connectivity index (χ4n) is 2.74. The molecule has 0 amide bonds. The van der Waals surface area contributed by atoms with Gasteiger partial charge in [-0.2, -0.15) is 13.2 Å². The quantitative estimate of drug-likeness (QED) is 0.724. The summed E-state index contributed by atoms with van der Waals surface area (Å²) in [5.41, 5.74) is 1.21. The van der Waals surface area contributed by atoms with Crippen molar-refractivity contribution in [2.24, 2.45) is 0 Å². The van der Waals surface area contributed by atoms with Gasteiger partial charge in [-0.1, -0.05) is 0 Å². The van der Waals surface area contributed by atoms with Crippen LogP contribution >= 0.6 is 15.9 Å². The Hall–Kier alpha value is -2.16. The van der Waals surface area contributed by atoms with E-state index in [1.54, 1.807) is 23.1 Å². The fourth-order valence-corrected chi connectivity index (χ4v) is 3.16. The van der Waals surface area contributed by atoms with Crippen LogP contribution in [-0.4, -0.2) is 38.0 Å². The van der Waals surface area contributed by atoms with E-state index >= 15 is 0 Å². The van der Waals surface area contributed by atoms with Crippen LogP contribution in [0.25, 0.3) is 0 Å². The highest BCUT2D eigenvalue weighted by atomic mass is 79.9. The van der Waals surface area contributed by atoms with Crippen LogP contribution in [0.5, 0.6) is 17.2 Å². The summed E-state index contributed by atoms with van der Waals surface area (Å²) in [6.07, 6.45) is -3.52. The van der Waals surface area contributed by atoms with Gasteiger partial charge in [0.1, 0.15) is 11.5 Å². The molecule has 1 aliphatic heterocycles. The van der Waals surface area contributed by atoms with E-state index in [1.165, 1.54) is 26.6 Å². The molecule has 0 spiro atoms. The summed E-state index contributed by atoms with van der Waals surface area (Å²) in [5.74, 6) is 1.26. The summed E-state index contributed by atoms with van der Waals surface area (Å²) in [7, 11) is 3.03. The highest BCUT2D eigenvalue weighted by Crippen LogP contribution is 2.42. The van der Waals surface area contributed by atoms with Crippen LogP contribution in [-0.2, 0) is 6.54 Å². The molecular formula is C17H16BrF3N2O3. The maximum Gasteiger partial charge on any atom is 0.427 e. The summed E-state index contributed by atoms with van der Waals surface area (Å²) in [4.78, 5) is 5.63. The molecule has 2 heterocycles. The third kappa shape index (κ3) is 3.67. The first kappa shape index (κ1) is 18.6. The van der Waals surface area contributed by atoms with Gasteiger partial charge in [-0.3, -0.25) is 4.98 Å². The van der Waals surface area contributed by atoms with Crippen molar-refractivity contribution in [3.05, 3.63) is 40.6 Å². The minimum absolute atomic E-state index is 0.126. The number of benzene rings is 1. The fraction of sp³-hybridized carbons (Fsp3) is 0.353. The smallest absolute Gasteiger partial charge is 0.427 e. The molecule has 1 aromatic heterocycles. The highest BCUT2D eigenvalue weighted by molar-refractivity contribution is 9.10. The number of rotatable bonds is 4. The van der Waals surface area contributed by atoms with Gasteiger partial charge in [0, 0.05) is 24.4 Å². The number of fused-ring (bicyclic) bond motifs is 1. The van der Waals surface area contributed by atoms with Crippen molar-refractivity contribution in [3.63, 3.8) is 0 Å². The average molecular weight is 433 g/mol. The molecule has 1 aromatic carbocycles. The molecule has 0 radical (unpaired) electrons. The molecule has 1 atom stereocenters. The Morgan fingerprint density at radius 1 is 1.27 bits per heavy atom. The first-order valence-electron chi connectivity index (χ1n) is 7.66. The van der Waals surface area contributed by atoms with Gasteiger partial charge >= 0.3 is 6.18 Å². The van der Waals surface area contributed by atoms with Gasteiger partial charge in [0.05, 0.1) is 37.1 Å². The number of halogens is 4. The van der Waals surface area contributed by atoms with Gasteiger partial charge in [-0.05, 0) is 28.1 Å². The van der Waals surface area contributed by atoms with E-state index in [9.17, 15) is 13.2 Å². The molecule has 2 aromatic rings. The van der Waals surface area contributed by atoms with Crippen molar-refractivity contribution in [1.29, 1.82) is 0 Å². The molecule has 5 nitrogen and oxygen atoms in total. The SMILES string of the molecule is COc1ccc(CN2CC(C(F)(F)F)Oc3c(Br)cncc32)c(OC)c1. The number of hydrogen-bond donors (Lipinski definition) is 0. The number of methoxy groups -OCH3 is 2. The van der Waals surface area contributed by atoms with Crippen LogP contribution in [0.4, 0.5) is 18.9 Å². The molecule has 0 N–H and O–H groups in total. The molecule has 1 aliphatic rings. The number of aromatic nitrogens is 1. The Morgan fingerprint density at radius 3 is 2.69 bits per heavy atom. The standard InChI is InChI=1S/C17H16BrF3N2O3/c1-24-11-4-3-10(14(5-11)25-2)8-23-9-15(17(19,20)21)26-16-12(18)6-22-7-13(16)23/h3-7,15H,8-9H2,1-2H3. The van der Waals surface area contributed by atoms with E-state index < -0.39 is 12.3 Å². The van der Waals surface area contributed by atoms with Crippen LogP contribution < -0.4 is 19.1 Å². The first-order valence-corrected chi connectivity index (χ1v) is 8.45. The summed E-state index contributed by atoms with van der Waals surface area (Å²) in [6.45, 7) is -0.141. The molecular weight excluding hydrogens is 417 g/mol. The number of anilines is 1. The third-order valence-electron chi connectivity index (χ3n) is 4.04. The lowest BCUT2D eigenvalue weighted by atomic mass is 10.1. The van der Waals surface area contributed by atoms with Gasteiger partial charge in [-0.25, -0.2) is 0 Å². The molecule has 1 unspecified atom stereocenters. The van der Waals surface area contributed by atoms with E-state index in [0.29, 0.717) is 21.7 Å². The summed E-state index contributed by atoms with van der Waals surface area (Å²) in [5, 5.41) is 0. The van der Waals surface area contributed by atoms with Crippen molar-refractivity contribution in [3.8, 4) is 17.2 Å². The molecule has 26 heavy (non-hydrogen) atoms. The van der Waals surface area contributed by atoms with Gasteiger partial charge in [0.2, 0.25) is 6.10 Å². The maximum atomic E-state index is 13.3. The van der Waals surface area contributed by atoms with Crippen LogP contribution in [0.3, 0.4) is 0 Å². The van der Waals surface area contributed by atoms with Crippen molar-refractivity contribution < 1.29 is 27.4 Å². The Labute approximate surface area is 156 Å². The average Bonchev–Trinajstić information content (AvgIpc) is 2.61. The van der Waals surface area contributed by atoms with E-state index in [4.69, 9.17) is 14.2 Å². The topological polar surface area (TPSA) is 43.8 Å². The lowest BCUT2D eigenvalue weighted by Crippen LogP contribution is -2.48. The van der Waals surface area contributed by atoms with Gasteiger partial charge in [-0.15, -0.1) is 0 Å². The number of ether oxygens (including phenoxy) is 3. The molecule has 0 fully saturated rings. The number of hydrogen-bond acceptors (Lipinski definition) is 5. The molecule has 9 heteroatoms. The van der Waals surface area contributed by atoms with E-state index in [2.05, 4.69) is 20.9 Å². The van der Waals surface area contributed by atoms with Crippen molar-refractivity contribution in [2.75, 3.05) is 25.7 Å². The minimum Gasteiger partial charge on any atom is -0.497 e. The third-order valence-corrected chi connectivity index (χ3v) is 4.61. The zero-order valence-electron chi connectivity index (χ0n) is 14.0. The monoisotopic (exact) mass is 432 g/mol. The van der Waals surface area contributed by atoms with Gasteiger partial charge in [0.25, 0.3) is 0 Å². The molecule has 0 saturated carbocycles. The van der Waals surface area contributed by atoms with Crippen LogP contribution in [0.2, 0.25) is 0 Å². The Bertz CT molecular complexity index is 801. The molecule has 140 valence electrons. The second-order valence-corrected chi connectivity index (χ2v) is 6.53. The Balaban J connectivity index is 1.98. The normalized spacial score (nSPS) is 16.7. The summed E-state index contributed by atoms with van der Waals surface area (Å²) < 4.78 is 56.0. The number of pyridine rings is 1. The van der Waals surface area contributed by atoms with Crippen molar-refractivity contribution in [2.45, 2.75) is 18.8 Å². The lowest BCUT2D eigenvalue weighted by molar-refractivity contribution is -0.193. The predicted molar refractivity (Wildman–Crippen MR) is 93.0 cm³/mol. The molecule has 0 aliphatic carbocycles. The van der Waals surface area contributed by atoms with Gasteiger partial charge < -0.3 is 19.1 Å². The van der Waals surface area contributed by atoms with Crippen LogP contribution in [0.1, 0.15) is 5.56 Å². The first-order chi connectivity index (χ1) is 12.3. The summed E-state index contributed by atoms with van der Waals surface area (Å²) in [6, 6.07) is 5.19. The predicted octanol–water partition coefficient (Wildman–Crippen LogP) is 4.19. The Kier molecular flexibility index (Phi) is 5.17. The molecule has 0 saturated heterocycles. The van der Waals surface area contributed by atoms with Crippen LogP contribution in [0.15, 0.2) is 35.1 Å². The molecule has 3 rings (SSSR count). The second kappa shape index (κ2) is 7.22. The van der Waals surface area contributed by atoms with E-state index in [0.717, 1.165) is 5.56 Å². The van der Waals surface area contributed by atoms with Crippen molar-refractivity contribution >= 4 is 21.6 Å². The van der Waals surface area contributed by atoms with E-state index in [1.807, 2.05) is 0 Å².